The number of aromatic nitrogens is 3. The lowest BCUT2D eigenvalue weighted by Gasteiger charge is -2.04. The summed E-state index contributed by atoms with van der Waals surface area (Å²) in [7, 11) is 1.60. The Morgan fingerprint density at radius 1 is 1.53 bits per heavy atom. The van der Waals surface area contributed by atoms with E-state index >= 15 is 0 Å². The molecule has 2 rings (SSSR count). The molecule has 0 N–H and O–H groups in total. The summed E-state index contributed by atoms with van der Waals surface area (Å²) in [5, 5.41) is 15.2. The molecular weight excluding hydrogens is 316 g/mol. The molecule has 2 heterocycles. The molecule has 0 radical (unpaired) electrons. The zero-order valence-electron chi connectivity index (χ0n) is 10.3. The Kier molecular flexibility index (Phi) is 3.79. The van der Waals surface area contributed by atoms with Crippen molar-refractivity contribution in [2.24, 2.45) is 7.05 Å². The lowest BCUT2D eigenvalue weighted by Crippen LogP contribution is -1.97. The second-order valence-electron chi connectivity index (χ2n) is 3.78. The van der Waals surface area contributed by atoms with Gasteiger partial charge in [-0.1, -0.05) is 6.92 Å². The minimum absolute atomic E-state index is 0.0988. The van der Waals surface area contributed by atoms with Gasteiger partial charge in [0.2, 0.25) is 0 Å². The monoisotopic (exact) mass is 326 g/mol. The molecule has 0 bridgehead atoms. The molecule has 0 aliphatic rings. The number of nitrogens with zero attached hydrogens (tertiary/aromatic N) is 4. The molecule has 7 nitrogen and oxygen atoms in total. The van der Waals surface area contributed by atoms with Crippen LogP contribution in [-0.4, -0.2) is 19.7 Å². The van der Waals surface area contributed by atoms with Crippen molar-refractivity contribution in [1.82, 2.24) is 14.8 Å². The van der Waals surface area contributed by atoms with Crippen LogP contribution in [0.15, 0.2) is 22.9 Å². The van der Waals surface area contributed by atoms with Gasteiger partial charge in [0.25, 0.3) is 5.88 Å². The third-order valence-electron chi connectivity index (χ3n) is 2.45. The van der Waals surface area contributed by atoms with Gasteiger partial charge in [0.15, 0.2) is 0 Å². The van der Waals surface area contributed by atoms with Gasteiger partial charge in [-0.3, -0.25) is 15.1 Å². The molecular formula is C11H11BrN4O3. The highest BCUT2D eigenvalue weighted by atomic mass is 79.9. The molecule has 8 heteroatoms. The van der Waals surface area contributed by atoms with Crippen molar-refractivity contribution in [2.75, 3.05) is 0 Å². The van der Waals surface area contributed by atoms with E-state index < -0.39 is 4.92 Å². The smallest absolute Gasteiger partial charge is 0.353 e. The highest BCUT2D eigenvalue weighted by molar-refractivity contribution is 9.10. The van der Waals surface area contributed by atoms with Crippen LogP contribution >= 0.6 is 15.9 Å². The molecule has 0 aliphatic carbocycles. The molecule has 19 heavy (non-hydrogen) atoms. The standard InChI is InChI=1S/C11H11BrN4O3/c1-3-9-10(16(17)18)11(15(2)14-9)19-8-4-7(12)5-13-6-8/h4-6H,3H2,1-2H3. The molecule has 0 unspecified atom stereocenters. The summed E-state index contributed by atoms with van der Waals surface area (Å²) in [6, 6.07) is 1.68. The van der Waals surface area contributed by atoms with Crippen LogP contribution in [0.25, 0.3) is 0 Å². The molecule has 0 fully saturated rings. The van der Waals surface area contributed by atoms with Crippen LogP contribution in [0, 0.1) is 10.1 Å². The number of rotatable bonds is 4. The van der Waals surface area contributed by atoms with Crippen molar-refractivity contribution in [3.05, 3.63) is 38.7 Å². The van der Waals surface area contributed by atoms with Crippen LogP contribution in [0.4, 0.5) is 5.69 Å². The average molecular weight is 327 g/mol. The van der Waals surface area contributed by atoms with Gasteiger partial charge >= 0.3 is 5.69 Å². The fourth-order valence-electron chi connectivity index (χ4n) is 1.65. The van der Waals surface area contributed by atoms with Crippen LogP contribution in [0.3, 0.4) is 0 Å². The topological polar surface area (TPSA) is 83.1 Å². The fraction of sp³-hybridized carbons (Fsp3) is 0.273. The molecule has 0 aliphatic heterocycles. The first-order chi connectivity index (χ1) is 9.02. The molecule has 0 saturated heterocycles. The van der Waals surface area contributed by atoms with Gasteiger partial charge in [-0.15, -0.1) is 0 Å². The van der Waals surface area contributed by atoms with E-state index in [1.165, 1.54) is 10.9 Å². The summed E-state index contributed by atoms with van der Waals surface area (Å²) in [6.07, 6.45) is 3.54. The van der Waals surface area contributed by atoms with Crippen molar-refractivity contribution in [3.8, 4) is 11.6 Å². The van der Waals surface area contributed by atoms with E-state index in [4.69, 9.17) is 4.74 Å². The highest BCUT2D eigenvalue weighted by Crippen LogP contribution is 2.34. The van der Waals surface area contributed by atoms with E-state index in [1.54, 1.807) is 26.2 Å². The van der Waals surface area contributed by atoms with Gasteiger partial charge in [-0.25, -0.2) is 4.68 Å². The third-order valence-corrected chi connectivity index (χ3v) is 2.89. The summed E-state index contributed by atoms with van der Waals surface area (Å²) < 4.78 is 7.62. The first-order valence-corrected chi connectivity index (χ1v) is 6.31. The Morgan fingerprint density at radius 2 is 2.26 bits per heavy atom. The van der Waals surface area contributed by atoms with Crippen molar-refractivity contribution in [1.29, 1.82) is 0 Å². The summed E-state index contributed by atoms with van der Waals surface area (Å²) in [4.78, 5) is 14.6. The lowest BCUT2D eigenvalue weighted by atomic mass is 10.3. The van der Waals surface area contributed by atoms with Gasteiger partial charge in [0, 0.05) is 17.7 Å². The zero-order valence-corrected chi connectivity index (χ0v) is 11.9. The quantitative estimate of drug-likeness (QED) is 0.637. The predicted octanol–water partition coefficient (Wildman–Crippen LogP) is 2.84. The van der Waals surface area contributed by atoms with E-state index in [0.29, 0.717) is 17.9 Å². The summed E-state index contributed by atoms with van der Waals surface area (Å²) in [6.45, 7) is 1.81. The number of nitro groups is 1. The van der Waals surface area contributed by atoms with Crippen molar-refractivity contribution in [2.45, 2.75) is 13.3 Å². The van der Waals surface area contributed by atoms with E-state index in [0.717, 1.165) is 4.47 Å². The number of pyridine rings is 1. The minimum Gasteiger partial charge on any atom is -0.432 e. The third kappa shape index (κ3) is 2.73. The summed E-state index contributed by atoms with van der Waals surface area (Å²) >= 11 is 3.26. The van der Waals surface area contributed by atoms with Gasteiger partial charge < -0.3 is 4.74 Å². The minimum atomic E-state index is -0.480. The second kappa shape index (κ2) is 5.35. The lowest BCUT2D eigenvalue weighted by molar-refractivity contribution is -0.386. The van der Waals surface area contributed by atoms with Gasteiger partial charge in [-0.2, -0.15) is 5.10 Å². The number of hydrogen-bond acceptors (Lipinski definition) is 5. The van der Waals surface area contributed by atoms with Crippen molar-refractivity contribution in [3.63, 3.8) is 0 Å². The van der Waals surface area contributed by atoms with Crippen LogP contribution in [0.5, 0.6) is 11.6 Å². The number of halogens is 1. The zero-order chi connectivity index (χ0) is 14.0. The van der Waals surface area contributed by atoms with E-state index in [-0.39, 0.29) is 11.6 Å². The Labute approximate surface area is 117 Å². The molecule has 0 amide bonds. The van der Waals surface area contributed by atoms with Gasteiger partial charge in [0.05, 0.1) is 11.1 Å². The van der Waals surface area contributed by atoms with Crippen LogP contribution < -0.4 is 4.74 Å². The largest absolute Gasteiger partial charge is 0.432 e. The highest BCUT2D eigenvalue weighted by Gasteiger charge is 2.27. The van der Waals surface area contributed by atoms with E-state index in [2.05, 4.69) is 26.0 Å². The van der Waals surface area contributed by atoms with Crippen molar-refractivity contribution < 1.29 is 9.66 Å². The maximum atomic E-state index is 11.1. The predicted molar refractivity (Wildman–Crippen MR) is 71.3 cm³/mol. The Bertz CT molecular complexity index is 626. The van der Waals surface area contributed by atoms with Crippen LogP contribution in [0.1, 0.15) is 12.6 Å². The van der Waals surface area contributed by atoms with Crippen LogP contribution in [-0.2, 0) is 13.5 Å². The Morgan fingerprint density at radius 3 is 2.84 bits per heavy atom. The SMILES string of the molecule is CCc1nn(C)c(Oc2cncc(Br)c2)c1[N+](=O)[O-]. The normalized spacial score (nSPS) is 10.5. The van der Waals surface area contributed by atoms with Crippen LogP contribution in [0.2, 0.25) is 0 Å². The Balaban J connectivity index is 2.45. The average Bonchev–Trinajstić information content (AvgIpc) is 2.66. The first kappa shape index (κ1) is 13.5. The molecule has 0 aromatic carbocycles. The fourth-order valence-corrected chi connectivity index (χ4v) is 1.99. The van der Waals surface area contributed by atoms with Gasteiger partial charge in [0.1, 0.15) is 11.4 Å². The molecule has 0 atom stereocenters. The number of ether oxygens (including phenoxy) is 1. The molecule has 0 spiro atoms. The maximum Gasteiger partial charge on any atom is 0.353 e. The molecule has 0 saturated carbocycles. The Hall–Kier alpha value is -1.96. The number of aryl methyl sites for hydroxylation is 2. The summed E-state index contributed by atoms with van der Waals surface area (Å²) in [5.74, 6) is 0.505. The van der Waals surface area contributed by atoms with E-state index in [1.807, 2.05) is 0 Å². The maximum absolute atomic E-state index is 11.1. The van der Waals surface area contributed by atoms with Crippen molar-refractivity contribution >= 4 is 21.6 Å². The molecule has 100 valence electrons. The number of hydrogen-bond donors (Lipinski definition) is 0. The van der Waals surface area contributed by atoms with E-state index in [9.17, 15) is 10.1 Å². The molecule has 2 aromatic heterocycles. The summed E-state index contributed by atoms with van der Waals surface area (Å²) in [5.41, 5.74) is 0.287. The second-order valence-corrected chi connectivity index (χ2v) is 4.69. The van der Waals surface area contributed by atoms with Gasteiger partial charge in [-0.05, 0) is 28.4 Å². The molecule has 2 aromatic rings. The first-order valence-electron chi connectivity index (χ1n) is 5.51.